The minimum Gasteiger partial charge on any atom is -0.393 e. The van der Waals surface area contributed by atoms with Gasteiger partial charge in [0.1, 0.15) is 0 Å². The van der Waals surface area contributed by atoms with Crippen LogP contribution < -0.4 is 0 Å². The van der Waals surface area contributed by atoms with Crippen LogP contribution in [0, 0.1) is 46.3 Å². The fourth-order valence-electron chi connectivity index (χ4n) is 9.65. The van der Waals surface area contributed by atoms with E-state index < -0.39 is 59.5 Å². The highest BCUT2D eigenvalue weighted by Gasteiger charge is 2.71. The molecule has 0 saturated heterocycles. The molecular weight excluding hydrogens is 436 g/mol. The summed E-state index contributed by atoms with van der Waals surface area (Å²) in [6, 6.07) is 0. The Morgan fingerprint density at radius 2 is 1.47 bits per heavy atom. The first-order chi connectivity index (χ1) is 15.7. The Hall–Kier alpha value is -0.280. The molecule has 7 nitrogen and oxygen atoms in total. The molecule has 198 valence electrons. The largest absolute Gasteiger partial charge is 0.393 e. The van der Waals surface area contributed by atoms with Gasteiger partial charge in [0.25, 0.3) is 0 Å². The minimum absolute atomic E-state index is 0.0439. The first-order valence-corrected chi connectivity index (χ1v) is 13.5. The lowest BCUT2D eigenvalue weighted by atomic mass is 9.41. The van der Waals surface area contributed by atoms with Gasteiger partial charge in [0.15, 0.2) is 0 Å². The summed E-state index contributed by atoms with van der Waals surface area (Å²) in [5, 5.41) is 76.9. The van der Waals surface area contributed by atoms with E-state index in [0.29, 0.717) is 25.7 Å². The van der Waals surface area contributed by atoms with Crippen molar-refractivity contribution in [3.63, 3.8) is 0 Å². The first kappa shape index (κ1) is 26.8. The van der Waals surface area contributed by atoms with Crippen molar-refractivity contribution in [2.24, 2.45) is 46.3 Å². The maximum Gasteiger partial charge on any atom is 0.0857 e. The van der Waals surface area contributed by atoms with E-state index in [-0.39, 0.29) is 35.5 Å². The van der Waals surface area contributed by atoms with E-state index in [4.69, 9.17) is 0 Å². The van der Waals surface area contributed by atoms with Gasteiger partial charge < -0.3 is 35.7 Å². The molecule has 0 heterocycles. The van der Waals surface area contributed by atoms with Crippen molar-refractivity contribution in [2.75, 3.05) is 0 Å². The van der Waals surface area contributed by atoms with Gasteiger partial charge in [-0.25, -0.2) is 0 Å². The van der Waals surface area contributed by atoms with Gasteiger partial charge in [0, 0.05) is 18.3 Å². The van der Waals surface area contributed by atoms with Gasteiger partial charge in [-0.2, -0.15) is 0 Å². The third kappa shape index (κ3) is 3.80. The highest BCUT2D eigenvalue weighted by Crippen LogP contribution is 2.69. The van der Waals surface area contributed by atoms with Crippen LogP contribution in [0.3, 0.4) is 0 Å². The zero-order valence-electron chi connectivity index (χ0n) is 21.5. The van der Waals surface area contributed by atoms with E-state index in [1.165, 1.54) is 0 Å². The predicted molar refractivity (Wildman–Crippen MR) is 127 cm³/mol. The summed E-state index contributed by atoms with van der Waals surface area (Å²) in [4.78, 5) is 0. The summed E-state index contributed by atoms with van der Waals surface area (Å²) in [5.74, 6) is -0.991. The van der Waals surface area contributed by atoms with Crippen LogP contribution in [0.4, 0.5) is 0 Å². The lowest BCUT2D eigenvalue weighted by Crippen LogP contribution is -2.70. The van der Waals surface area contributed by atoms with Crippen LogP contribution in [-0.2, 0) is 0 Å². The number of fused-ring (bicyclic) bond motifs is 5. The Kier molecular flexibility index (Phi) is 7.03. The molecule has 0 spiro atoms. The summed E-state index contributed by atoms with van der Waals surface area (Å²) >= 11 is 0. The Bertz CT molecular complexity index is 746. The molecule has 14 atom stereocenters. The molecule has 0 bridgehead atoms. The van der Waals surface area contributed by atoms with Crippen molar-refractivity contribution >= 4 is 0 Å². The van der Waals surface area contributed by atoms with E-state index in [0.717, 1.165) is 12.8 Å². The molecule has 0 aromatic carbocycles. The summed E-state index contributed by atoms with van der Waals surface area (Å²) in [6.07, 6.45) is -1.50. The summed E-state index contributed by atoms with van der Waals surface area (Å²) < 4.78 is 0. The van der Waals surface area contributed by atoms with Crippen LogP contribution in [-0.4, -0.2) is 78.0 Å². The van der Waals surface area contributed by atoms with E-state index in [1.54, 1.807) is 0 Å². The number of aliphatic hydroxyl groups excluding tert-OH is 6. The number of hydrogen-bond donors (Lipinski definition) is 7. The highest BCUT2D eigenvalue weighted by atomic mass is 16.3. The van der Waals surface area contributed by atoms with E-state index in [2.05, 4.69) is 13.8 Å². The fourth-order valence-corrected chi connectivity index (χ4v) is 9.65. The SMILES string of the molecule is CC(C)[C@H](O)[C@@H](O)C[C@@H](C)[C@H]1C[C@@H](O)[C@@H]2[C@]1(C)CC[C@@H]1[C@@]3(C)CC[C@H](O)[C@H](O)[C@@H]3[C@H](O)C[C@]12O. The molecule has 0 aliphatic heterocycles. The second-order valence-electron chi connectivity index (χ2n) is 13.4. The van der Waals surface area contributed by atoms with Gasteiger partial charge in [0.2, 0.25) is 0 Å². The molecule has 0 unspecified atom stereocenters. The molecule has 4 rings (SSSR count). The molecular formula is C27H48O7. The number of rotatable bonds is 5. The van der Waals surface area contributed by atoms with Crippen LogP contribution in [0.2, 0.25) is 0 Å². The second-order valence-corrected chi connectivity index (χ2v) is 13.4. The fraction of sp³-hybridized carbons (Fsp3) is 1.00. The molecule has 0 radical (unpaired) electrons. The lowest BCUT2D eigenvalue weighted by molar-refractivity contribution is -0.280. The van der Waals surface area contributed by atoms with Crippen molar-refractivity contribution in [3.8, 4) is 0 Å². The Morgan fingerprint density at radius 3 is 2.09 bits per heavy atom. The van der Waals surface area contributed by atoms with Crippen LogP contribution in [0.5, 0.6) is 0 Å². The predicted octanol–water partition coefficient (Wildman–Crippen LogP) is 1.44. The smallest absolute Gasteiger partial charge is 0.0857 e. The monoisotopic (exact) mass is 484 g/mol. The molecule has 0 aromatic rings. The van der Waals surface area contributed by atoms with Gasteiger partial charge in [-0.05, 0) is 73.0 Å². The summed E-state index contributed by atoms with van der Waals surface area (Å²) in [5.41, 5.74) is -2.14. The Morgan fingerprint density at radius 1 is 0.853 bits per heavy atom. The molecule has 7 heteroatoms. The third-order valence-electron chi connectivity index (χ3n) is 11.2. The van der Waals surface area contributed by atoms with E-state index in [1.807, 2.05) is 20.8 Å². The van der Waals surface area contributed by atoms with E-state index in [9.17, 15) is 35.7 Å². The van der Waals surface area contributed by atoms with Crippen LogP contribution in [0.1, 0.15) is 79.6 Å². The van der Waals surface area contributed by atoms with Gasteiger partial charge in [-0.1, -0.05) is 34.6 Å². The lowest BCUT2D eigenvalue weighted by Gasteiger charge is -2.66. The standard InChI is InChI=1S/C27H48O7/c1-13(2)22(32)17(29)10-14(3)15-11-18(30)24-25(15,4)9-7-20-26(5)8-6-16(28)23(33)21(26)19(31)12-27(20,24)34/h13-24,28-34H,6-12H2,1-5H3/t14-,15-,16+,17+,18-,19-,20-,21+,22+,23+,24-,25-,26-,27+/m1/s1. The summed E-state index contributed by atoms with van der Waals surface area (Å²) in [6.45, 7) is 10.0. The highest BCUT2D eigenvalue weighted by molar-refractivity contribution is 5.21. The quantitative estimate of drug-likeness (QED) is 0.313. The Labute approximate surface area is 204 Å². The van der Waals surface area contributed by atoms with Crippen molar-refractivity contribution in [1.82, 2.24) is 0 Å². The number of hydrogen-bond acceptors (Lipinski definition) is 7. The molecule has 7 N–H and O–H groups in total. The third-order valence-corrected chi connectivity index (χ3v) is 11.2. The zero-order chi connectivity index (χ0) is 25.4. The van der Waals surface area contributed by atoms with Crippen molar-refractivity contribution in [2.45, 2.75) is 122 Å². The Balaban J connectivity index is 1.62. The molecule has 4 fully saturated rings. The normalized spacial score (nSPS) is 53.6. The van der Waals surface area contributed by atoms with Crippen molar-refractivity contribution in [3.05, 3.63) is 0 Å². The summed E-state index contributed by atoms with van der Waals surface area (Å²) in [7, 11) is 0. The van der Waals surface area contributed by atoms with Gasteiger partial charge in [-0.15, -0.1) is 0 Å². The zero-order valence-corrected chi connectivity index (χ0v) is 21.5. The topological polar surface area (TPSA) is 142 Å². The van der Waals surface area contributed by atoms with E-state index >= 15 is 0 Å². The first-order valence-electron chi connectivity index (χ1n) is 13.5. The molecule has 34 heavy (non-hydrogen) atoms. The van der Waals surface area contributed by atoms with Crippen molar-refractivity contribution < 1.29 is 35.7 Å². The maximum absolute atomic E-state index is 12.3. The van der Waals surface area contributed by atoms with Gasteiger partial charge >= 0.3 is 0 Å². The van der Waals surface area contributed by atoms with Crippen molar-refractivity contribution in [1.29, 1.82) is 0 Å². The average Bonchev–Trinajstić information content (AvgIpc) is 3.01. The minimum atomic E-state index is -1.26. The number of aliphatic hydroxyl groups is 7. The molecule has 4 aliphatic rings. The van der Waals surface area contributed by atoms with Crippen LogP contribution >= 0.6 is 0 Å². The molecule has 4 aliphatic carbocycles. The maximum atomic E-state index is 12.3. The average molecular weight is 485 g/mol. The van der Waals surface area contributed by atoms with Crippen LogP contribution in [0.15, 0.2) is 0 Å². The van der Waals surface area contributed by atoms with Crippen LogP contribution in [0.25, 0.3) is 0 Å². The van der Waals surface area contributed by atoms with Gasteiger partial charge in [0.05, 0.1) is 42.2 Å². The van der Waals surface area contributed by atoms with Gasteiger partial charge in [-0.3, -0.25) is 0 Å². The molecule has 4 saturated carbocycles. The molecule has 0 amide bonds. The second kappa shape index (κ2) is 8.93. The molecule has 0 aromatic heterocycles.